The third-order valence-electron chi connectivity index (χ3n) is 4.39. The molecule has 1 amide bonds. The Hall–Kier alpha value is -2.63. The zero-order valence-electron chi connectivity index (χ0n) is 15.0. The van der Waals surface area contributed by atoms with Crippen molar-refractivity contribution in [2.75, 3.05) is 28.6 Å². The predicted octanol–water partition coefficient (Wildman–Crippen LogP) is 3.72. The van der Waals surface area contributed by atoms with Gasteiger partial charge in [-0.25, -0.2) is 4.98 Å². The molecule has 3 rings (SSSR count). The zero-order valence-corrected chi connectivity index (χ0v) is 15.0. The molecule has 1 saturated heterocycles. The van der Waals surface area contributed by atoms with Crippen LogP contribution < -0.4 is 15.5 Å². The summed E-state index contributed by atoms with van der Waals surface area (Å²) in [6.45, 7) is 7.80. The molecule has 6 heteroatoms. The van der Waals surface area contributed by atoms with Crippen LogP contribution in [0, 0.1) is 12.8 Å². The van der Waals surface area contributed by atoms with Gasteiger partial charge in [0.15, 0.2) is 0 Å². The highest BCUT2D eigenvalue weighted by Crippen LogP contribution is 2.23. The Morgan fingerprint density at radius 3 is 2.40 bits per heavy atom. The summed E-state index contributed by atoms with van der Waals surface area (Å²) >= 11 is 0. The van der Waals surface area contributed by atoms with Crippen LogP contribution in [0.5, 0.6) is 0 Å². The molecular formula is C19H25N5O. The standard InChI is InChI=1S/C19H25N5O/c1-13-8-10-24(11-9-13)19-20-14(2)12-18(23-19)22-17-6-4-16(5-7-17)21-15(3)25/h4-7,12-13H,8-11H2,1-3H3,(H,21,25)(H,20,22,23). The Labute approximate surface area is 148 Å². The normalized spacial score (nSPS) is 15.1. The Morgan fingerprint density at radius 1 is 1.12 bits per heavy atom. The Kier molecular flexibility index (Phi) is 5.16. The highest BCUT2D eigenvalue weighted by molar-refractivity contribution is 5.88. The smallest absolute Gasteiger partial charge is 0.227 e. The van der Waals surface area contributed by atoms with Gasteiger partial charge in [-0.05, 0) is 49.9 Å². The molecule has 2 N–H and O–H groups in total. The van der Waals surface area contributed by atoms with E-state index in [0.29, 0.717) is 0 Å². The number of hydrogen-bond acceptors (Lipinski definition) is 5. The third-order valence-corrected chi connectivity index (χ3v) is 4.39. The second-order valence-electron chi connectivity index (χ2n) is 6.75. The SMILES string of the molecule is CC(=O)Nc1ccc(Nc2cc(C)nc(N3CCC(C)CC3)n2)cc1. The molecule has 1 fully saturated rings. The molecule has 0 aliphatic carbocycles. The van der Waals surface area contributed by atoms with Crippen LogP contribution in [0.3, 0.4) is 0 Å². The van der Waals surface area contributed by atoms with Crippen molar-refractivity contribution in [3.05, 3.63) is 36.0 Å². The van der Waals surface area contributed by atoms with Gasteiger partial charge in [-0.2, -0.15) is 4.98 Å². The first-order valence-corrected chi connectivity index (χ1v) is 8.75. The van der Waals surface area contributed by atoms with E-state index in [4.69, 9.17) is 0 Å². The largest absolute Gasteiger partial charge is 0.341 e. The first-order chi connectivity index (χ1) is 12.0. The topological polar surface area (TPSA) is 70.2 Å². The van der Waals surface area contributed by atoms with Gasteiger partial charge in [0, 0.05) is 43.1 Å². The van der Waals surface area contributed by atoms with E-state index in [1.165, 1.54) is 19.8 Å². The van der Waals surface area contributed by atoms with Crippen molar-refractivity contribution < 1.29 is 4.79 Å². The van der Waals surface area contributed by atoms with Gasteiger partial charge in [0.05, 0.1) is 0 Å². The summed E-state index contributed by atoms with van der Waals surface area (Å²) in [5.74, 6) is 2.28. The summed E-state index contributed by atoms with van der Waals surface area (Å²) in [6.07, 6.45) is 2.37. The number of carbonyl (C=O) groups is 1. The Morgan fingerprint density at radius 2 is 1.76 bits per heavy atom. The van der Waals surface area contributed by atoms with Gasteiger partial charge in [-0.1, -0.05) is 6.92 Å². The van der Waals surface area contributed by atoms with Gasteiger partial charge < -0.3 is 15.5 Å². The number of nitrogens with zero attached hydrogens (tertiary/aromatic N) is 3. The zero-order chi connectivity index (χ0) is 17.8. The maximum absolute atomic E-state index is 11.1. The van der Waals surface area contributed by atoms with Crippen molar-refractivity contribution in [1.29, 1.82) is 0 Å². The van der Waals surface area contributed by atoms with E-state index in [1.54, 1.807) is 0 Å². The van der Waals surface area contributed by atoms with Crippen LogP contribution in [0.2, 0.25) is 0 Å². The molecule has 1 aliphatic rings. The minimum atomic E-state index is -0.0763. The lowest BCUT2D eigenvalue weighted by molar-refractivity contribution is -0.114. The number of rotatable bonds is 4. The number of nitrogens with one attached hydrogen (secondary N) is 2. The predicted molar refractivity (Wildman–Crippen MR) is 101 cm³/mol. The number of hydrogen-bond donors (Lipinski definition) is 2. The van der Waals surface area contributed by atoms with Gasteiger partial charge in [0.25, 0.3) is 0 Å². The van der Waals surface area contributed by atoms with Crippen molar-refractivity contribution in [3.8, 4) is 0 Å². The van der Waals surface area contributed by atoms with Crippen LogP contribution in [0.25, 0.3) is 0 Å². The summed E-state index contributed by atoms with van der Waals surface area (Å²) in [5.41, 5.74) is 2.64. The molecular weight excluding hydrogens is 314 g/mol. The number of piperidine rings is 1. The summed E-state index contributed by atoms with van der Waals surface area (Å²) in [7, 11) is 0. The summed E-state index contributed by atoms with van der Waals surface area (Å²) in [4.78, 5) is 22.6. The fourth-order valence-corrected chi connectivity index (χ4v) is 2.95. The summed E-state index contributed by atoms with van der Waals surface area (Å²) in [5, 5.41) is 6.08. The van der Waals surface area contributed by atoms with Crippen LogP contribution in [0.15, 0.2) is 30.3 Å². The van der Waals surface area contributed by atoms with E-state index < -0.39 is 0 Å². The maximum Gasteiger partial charge on any atom is 0.227 e. The fourth-order valence-electron chi connectivity index (χ4n) is 2.95. The van der Waals surface area contributed by atoms with Gasteiger partial charge >= 0.3 is 0 Å². The maximum atomic E-state index is 11.1. The molecule has 1 aliphatic heterocycles. The van der Waals surface area contributed by atoms with Crippen molar-refractivity contribution >= 4 is 29.0 Å². The average molecular weight is 339 g/mol. The number of benzene rings is 1. The van der Waals surface area contributed by atoms with Gasteiger partial charge in [-0.15, -0.1) is 0 Å². The van der Waals surface area contributed by atoms with Gasteiger partial charge in [0.1, 0.15) is 5.82 Å². The second kappa shape index (κ2) is 7.51. The number of aryl methyl sites for hydroxylation is 1. The lowest BCUT2D eigenvalue weighted by atomic mass is 10.00. The van der Waals surface area contributed by atoms with Crippen LogP contribution in [0.4, 0.5) is 23.1 Å². The van der Waals surface area contributed by atoms with Crippen molar-refractivity contribution in [2.24, 2.45) is 5.92 Å². The molecule has 25 heavy (non-hydrogen) atoms. The molecule has 6 nitrogen and oxygen atoms in total. The van der Waals surface area contributed by atoms with Crippen LogP contribution in [-0.4, -0.2) is 29.0 Å². The molecule has 0 atom stereocenters. The van der Waals surface area contributed by atoms with Gasteiger partial charge in [0.2, 0.25) is 11.9 Å². The van der Waals surface area contributed by atoms with Crippen LogP contribution in [-0.2, 0) is 4.79 Å². The molecule has 1 aromatic carbocycles. The third kappa shape index (κ3) is 4.68. The number of amides is 1. The molecule has 2 heterocycles. The molecule has 0 saturated carbocycles. The van der Waals surface area contributed by atoms with E-state index in [0.717, 1.165) is 47.8 Å². The molecule has 0 unspecified atom stereocenters. The monoisotopic (exact) mass is 339 g/mol. The molecule has 0 radical (unpaired) electrons. The first kappa shape index (κ1) is 17.2. The van der Waals surface area contributed by atoms with Gasteiger partial charge in [-0.3, -0.25) is 4.79 Å². The quantitative estimate of drug-likeness (QED) is 0.888. The first-order valence-electron chi connectivity index (χ1n) is 8.75. The average Bonchev–Trinajstić information content (AvgIpc) is 2.56. The van der Waals surface area contributed by atoms with Crippen molar-refractivity contribution in [3.63, 3.8) is 0 Å². The molecule has 0 spiro atoms. The fraction of sp³-hybridized carbons (Fsp3) is 0.421. The highest BCUT2D eigenvalue weighted by atomic mass is 16.1. The second-order valence-corrected chi connectivity index (χ2v) is 6.75. The number of carbonyl (C=O) groups excluding carboxylic acids is 1. The summed E-state index contributed by atoms with van der Waals surface area (Å²) in [6, 6.07) is 9.52. The lowest BCUT2D eigenvalue weighted by Gasteiger charge is -2.30. The van der Waals surface area contributed by atoms with E-state index in [-0.39, 0.29) is 5.91 Å². The van der Waals surface area contributed by atoms with Crippen LogP contribution in [0.1, 0.15) is 32.4 Å². The van der Waals surface area contributed by atoms with E-state index in [9.17, 15) is 4.79 Å². The van der Waals surface area contributed by atoms with Crippen molar-refractivity contribution in [1.82, 2.24) is 9.97 Å². The van der Waals surface area contributed by atoms with E-state index in [1.807, 2.05) is 37.3 Å². The molecule has 2 aromatic rings. The minimum absolute atomic E-state index is 0.0763. The number of aromatic nitrogens is 2. The minimum Gasteiger partial charge on any atom is -0.341 e. The Bertz CT molecular complexity index is 736. The molecule has 132 valence electrons. The molecule has 1 aromatic heterocycles. The van der Waals surface area contributed by atoms with Crippen LogP contribution >= 0.6 is 0 Å². The summed E-state index contributed by atoms with van der Waals surface area (Å²) < 4.78 is 0. The lowest BCUT2D eigenvalue weighted by Crippen LogP contribution is -2.34. The Balaban J connectivity index is 1.73. The highest BCUT2D eigenvalue weighted by Gasteiger charge is 2.18. The van der Waals surface area contributed by atoms with E-state index >= 15 is 0 Å². The van der Waals surface area contributed by atoms with Crippen molar-refractivity contribution in [2.45, 2.75) is 33.6 Å². The molecule has 0 bridgehead atoms. The van der Waals surface area contributed by atoms with E-state index in [2.05, 4.69) is 32.4 Å². The number of anilines is 4.